The lowest BCUT2D eigenvalue weighted by molar-refractivity contribution is 0.432. The first kappa shape index (κ1) is 8.30. The van der Waals surface area contributed by atoms with Gasteiger partial charge in [0.05, 0.1) is 0 Å². The molecule has 0 amide bonds. The lowest BCUT2D eigenvalue weighted by Crippen LogP contribution is -1.70. The fraction of sp³-hybridized carbons (Fsp3) is 0. The Bertz CT molecular complexity index is 169. The van der Waals surface area contributed by atoms with Crippen molar-refractivity contribution in [3.05, 3.63) is 30.1 Å². The van der Waals surface area contributed by atoms with Gasteiger partial charge in [-0.25, -0.2) is 4.39 Å². The Morgan fingerprint density at radius 3 is 2.11 bits per heavy atom. The normalized spacial score (nSPS) is 8.11. The van der Waals surface area contributed by atoms with Gasteiger partial charge in [0.1, 0.15) is 0 Å². The van der Waals surface area contributed by atoms with Gasteiger partial charge < -0.3 is 5.11 Å². The fourth-order valence-corrected chi connectivity index (χ4v) is 0.452. The number of hydrogen-bond acceptors (Lipinski definition) is 1. The van der Waals surface area contributed by atoms with Gasteiger partial charge in [0.15, 0.2) is 11.6 Å². The van der Waals surface area contributed by atoms with Gasteiger partial charge in [-0.1, -0.05) is 12.1 Å². The second-order valence-electron chi connectivity index (χ2n) is 1.45. The van der Waals surface area contributed by atoms with Crippen LogP contribution in [0.3, 0.4) is 0 Å². The molecule has 0 aliphatic carbocycles. The molecule has 0 saturated heterocycles. The Morgan fingerprint density at radius 1 is 1.22 bits per heavy atom. The molecule has 0 heterocycles. The van der Waals surface area contributed by atoms with E-state index >= 15 is 0 Å². The Hall–Kier alpha value is -0.700. The molecule has 1 nitrogen and oxygen atoms in total. The van der Waals surface area contributed by atoms with E-state index in [0.717, 1.165) is 0 Å². The maximum atomic E-state index is 12.1. The summed E-state index contributed by atoms with van der Waals surface area (Å²) in [5.74, 6) is -0.875. The van der Waals surface area contributed by atoms with E-state index in [4.69, 9.17) is 5.11 Å². The highest BCUT2D eigenvalue weighted by Crippen LogP contribution is 2.11. The van der Waals surface area contributed by atoms with Gasteiger partial charge in [-0.05, 0) is 12.1 Å². The molecule has 0 aliphatic rings. The zero-order valence-electron chi connectivity index (χ0n) is 4.63. The van der Waals surface area contributed by atoms with Crippen molar-refractivity contribution in [3.8, 4) is 5.75 Å². The second kappa shape index (κ2) is 3.35. The molecule has 50 valence electrons. The maximum absolute atomic E-state index is 12.1. The van der Waals surface area contributed by atoms with Crippen molar-refractivity contribution in [2.45, 2.75) is 0 Å². The molecule has 0 radical (unpaired) electrons. The third-order valence-corrected chi connectivity index (χ3v) is 0.852. The molecular weight excluding hydrogens is 139 g/mol. The van der Waals surface area contributed by atoms with Crippen LogP contribution < -0.4 is 0 Å². The van der Waals surface area contributed by atoms with Gasteiger partial charge in [0, 0.05) is 0 Å². The summed E-state index contributed by atoms with van der Waals surface area (Å²) in [5.41, 5.74) is 0. The van der Waals surface area contributed by atoms with Gasteiger partial charge in [-0.2, -0.15) is 13.5 Å². The summed E-state index contributed by atoms with van der Waals surface area (Å²) in [7, 11) is 0. The third-order valence-electron chi connectivity index (χ3n) is 0.852. The Labute approximate surface area is 59.6 Å². The van der Waals surface area contributed by atoms with Crippen molar-refractivity contribution in [2.75, 3.05) is 0 Å². The van der Waals surface area contributed by atoms with Crippen molar-refractivity contribution < 1.29 is 9.50 Å². The van der Waals surface area contributed by atoms with E-state index in [2.05, 4.69) is 0 Å². The Kier molecular flexibility index (Phi) is 3.09. The van der Waals surface area contributed by atoms with E-state index in [-0.39, 0.29) is 19.2 Å². The smallest absolute Gasteiger partial charge is 0.164 e. The van der Waals surface area contributed by atoms with E-state index in [1.165, 1.54) is 18.2 Å². The predicted molar refractivity (Wildman–Crippen MR) is 38.4 cm³/mol. The lowest BCUT2D eigenvalue weighted by atomic mass is 10.3. The zero-order chi connectivity index (χ0) is 5.98. The summed E-state index contributed by atoms with van der Waals surface area (Å²) in [6.45, 7) is 0. The highest BCUT2D eigenvalue weighted by Gasteiger charge is 1.91. The van der Waals surface area contributed by atoms with Crippen LogP contribution in [-0.2, 0) is 0 Å². The Balaban J connectivity index is 0.000000640. The number of halogens is 1. The van der Waals surface area contributed by atoms with E-state index in [1.807, 2.05) is 0 Å². The lowest BCUT2D eigenvalue weighted by Gasteiger charge is -1.88. The molecule has 0 aromatic heterocycles. The van der Waals surface area contributed by atoms with Crippen molar-refractivity contribution in [1.82, 2.24) is 0 Å². The standard InChI is InChI=1S/C6H5FO.H2S/c7-5-3-1-2-4-6(5)8;/h1-4,8H;1H2. The number of rotatable bonds is 0. The Morgan fingerprint density at radius 2 is 1.78 bits per heavy atom. The summed E-state index contributed by atoms with van der Waals surface area (Å²) in [5, 5.41) is 8.54. The van der Waals surface area contributed by atoms with E-state index in [1.54, 1.807) is 6.07 Å². The number of hydrogen-bond donors (Lipinski definition) is 1. The summed E-state index contributed by atoms with van der Waals surface area (Å²) in [4.78, 5) is 0. The van der Waals surface area contributed by atoms with Gasteiger partial charge in [-0.3, -0.25) is 0 Å². The summed E-state index contributed by atoms with van der Waals surface area (Å²) < 4.78 is 12.1. The highest BCUT2D eigenvalue weighted by atomic mass is 32.1. The van der Waals surface area contributed by atoms with Crippen LogP contribution in [0, 0.1) is 5.82 Å². The molecule has 0 saturated carbocycles. The molecule has 0 atom stereocenters. The zero-order valence-corrected chi connectivity index (χ0v) is 5.63. The molecule has 0 bridgehead atoms. The third kappa shape index (κ3) is 1.93. The van der Waals surface area contributed by atoms with Crippen molar-refractivity contribution in [1.29, 1.82) is 0 Å². The molecule has 0 aliphatic heterocycles. The SMILES string of the molecule is Oc1ccccc1F.S. The van der Waals surface area contributed by atoms with E-state index in [0.29, 0.717) is 0 Å². The van der Waals surface area contributed by atoms with E-state index < -0.39 is 5.82 Å². The summed E-state index contributed by atoms with van der Waals surface area (Å²) in [6.07, 6.45) is 0. The quantitative estimate of drug-likeness (QED) is 0.590. The van der Waals surface area contributed by atoms with Crippen LogP contribution in [0.25, 0.3) is 0 Å². The topological polar surface area (TPSA) is 20.2 Å². The van der Waals surface area contributed by atoms with Gasteiger partial charge >= 0.3 is 0 Å². The average Bonchev–Trinajstić information content (AvgIpc) is 1.77. The van der Waals surface area contributed by atoms with Gasteiger partial charge in [0.25, 0.3) is 0 Å². The second-order valence-corrected chi connectivity index (χ2v) is 1.45. The summed E-state index contributed by atoms with van der Waals surface area (Å²) >= 11 is 0. The number of para-hydroxylation sites is 1. The van der Waals surface area contributed by atoms with Gasteiger partial charge in [0.2, 0.25) is 0 Å². The maximum Gasteiger partial charge on any atom is 0.164 e. The molecule has 0 fully saturated rings. The minimum Gasteiger partial charge on any atom is -0.505 e. The molecule has 1 aromatic carbocycles. The van der Waals surface area contributed by atoms with Crippen molar-refractivity contribution in [3.63, 3.8) is 0 Å². The van der Waals surface area contributed by atoms with Crippen LogP contribution in [0.4, 0.5) is 4.39 Å². The average molecular weight is 146 g/mol. The van der Waals surface area contributed by atoms with Crippen molar-refractivity contribution in [2.24, 2.45) is 0 Å². The number of phenols is 1. The largest absolute Gasteiger partial charge is 0.505 e. The highest BCUT2D eigenvalue weighted by molar-refractivity contribution is 7.59. The van der Waals surface area contributed by atoms with Crippen LogP contribution in [0.15, 0.2) is 24.3 Å². The van der Waals surface area contributed by atoms with Gasteiger partial charge in [-0.15, -0.1) is 0 Å². The molecular formula is C6H7FOS. The van der Waals surface area contributed by atoms with E-state index in [9.17, 15) is 4.39 Å². The van der Waals surface area contributed by atoms with Crippen LogP contribution in [0.2, 0.25) is 0 Å². The fourth-order valence-electron chi connectivity index (χ4n) is 0.452. The van der Waals surface area contributed by atoms with Crippen LogP contribution in [-0.4, -0.2) is 5.11 Å². The molecule has 1 aromatic rings. The van der Waals surface area contributed by atoms with Crippen molar-refractivity contribution >= 4 is 13.5 Å². The number of benzene rings is 1. The first-order chi connectivity index (χ1) is 3.80. The monoisotopic (exact) mass is 146 g/mol. The molecule has 3 heteroatoms. The first-order valence-electron chi connectivity index (χ1n) is 2.24. The predicted octanol–water partition coefficient (Wildman–Crippen LogP) is 1.64. The van der Waals surface area contributed by atoms with Crippen LogP contribution >= 0.6 is 13.5 Å². The molecule has 1 rings (SSSR count). The number of aromatic hydroxyl groups is 1. The van der Waals surface area contributed by atoms with Crippen LogP contribution in [0.5, 0.6) is 5.75 Å². The molecule has 0 unspecified atom stereocenters. The molecule has 1 N–H and O–H groups in total. The molecule has 0 spiro atoms. The minimum absolute atomic E-state index is 0. The first-order valence-corrected chi connectivity index (χ1v) is 2.24. The minimum atomic E-state index is -0.576. The molecule has 9 heavy (non-hydrogen) atoms. The number of phenolic OH excluding ortho intramolecular Hbond substituents is 1. The van der Waals surface area contributed by atoms with Crippen LogP contribution in [0.1, 0.15) is 0 Å². The summed E-state index contributed by atoms with van der Waals surface area (Å²) in [6, 6.07) is 5.60.